The zero-order chi connectivity index (χ0) is 22.9. The molecule has 0 aromatic heterocycles. The molecule has 2 fully saturated rings. The van der Waals surface area contributed by atoms with Crippen LogP contribution in [-0.4, -0.2) is 0 Å². The van der Waals surface area contributed by atoms with E-state index in [9.17, 15) is 8.78 Å². The van der Waals surface area contributed by atoms with Gasteiger partial charge in [0.25, 0.3) is 0 Å². The Morgan fingerprint density at radius 3 is 2.12 bits per heavy atom. The molecule has 4 rings (SSSR count). The Balaban J connectivity index is 1.40. The van der Waals surface area contributed by atoms with Crippen molar-refractivity contribution in [1.82, 2.24) is 0 Å². The van der Waals surface area contributed by atoms with E-state index < -0.39 is 6.11 Å². The van der Waals surface area contributed by atoms with E-state index in [1.165, 1.54) is 69.1 Å². The number of aryl methyl sites for hydroxylation is 1. The SMILES string of the molecule is Cc1cc(C2CCC(C3CCC(C)CC3)CC2)ccc1C(F)(F)Oc1ccc(P)c(Cl)c1. The average molecular weight is 479 g/mol. The molecule has 0 heterocycles. The van der Waals surface area contributed by atoms with Gasteiger partial charge in [0.15, 0.2) is 0 Å². The zero-order valence-electron chi connectivity index (χ0n) is 19.0. The second kappa shape index (κ2) is 9.98. The average Bonchev–Trinajstić information content (AvgIpc) is 2.76. The monoisotopic (exact) mass is 478 g/mol. The minimum Gasteiger partial charge on any atom is -0.429 e. The van der Waals surface area contributed by atoms with Gasteiger partial charge in [0, 0.05) is 0 Å². The molecule has 2 aromatic rings. The van der Waals surface area contributed by atoms with E-state index in [1.807, 2.05) is 12.1 Å². The lowest BCUT2D eigenvalue weighted by Gasteiger charge is -2.37. The Bertz CT molecular complexity index is 931. The lowest BCUT2D eigenvalue weighted by Crippen LogP contribution is -2.25. The van der Waals surface area contributed by atoms with Gasteiger partial charge in [0.1, 0.15) is 5.75 Å². The van der Waals surface area contributed by atoms with E-state index in [0.717, 1.165) is 23.1 Å². The second-order valence-corrected chi connectivity index (χ2v) is 11.0. The quantitative estimate of drug-likeness (QED) is 0.392. The van der Waals surface area contributed by atoms with E-state index in [4.69, 9.17) is 16.3 Å². The summed E-state index contributed by atoms with van der Waals surface area (Å²) in [7, 11) is 2.47. The lowest BCUT2D eigenvalue weighted by atomic mass is 9.68. The number of hydrogen-bond donors (Lipinski definition) is 0. The van der Waals surface area contributed by atoms with Gasteiger partial charge in [-0.1, -0.05) is 43.5 Å². The van der Waals surface area contributed by atoms with Crippen LogP contribution < -0.4 is 10.0 Å². The van der Waals surface area contributed by atoms with Crippen molar-refractivity contribution in [2.24, 2.45) is 17.8 Å². The topological polar surface area (TPSA) is 9.23 Å². The molecule has 1 atom stereocenters. The molecule has 2 aliphatic rings. The molecular weight excluding hydrogens is 445 g/mol. The maximum absolute atomic E-state index is 14.9. The van der Waals surface area contributed by atoms with Gasteiger partial charge in [-0.05, 0) is 110 Å². The normalized spacial score (nSPS) is 26.7. The minimum absolute atomic E-state index is 0.0603. The first kappa shape index (κ1) is 24.0. The fraction of sp³-hybridized carbons (Fsp3) is 0.556. The number of alkyl halides is 2. The molecule has 0 bridgehead atoms. The van der Waals surface area contributed by atoms with Crippen molar-refractivity contribution >= 4 is 26.1 Å². The van der Waals surface area contributed by atoms with Crippen LogP contribution in [0, 0.1) is 24.7 Å². The molecule has 0 spiro atoms. The molecule has 2 aliphatic carbocycles. The third-order valence-electron chi connectivity index (χ3n) is 7.75. The summed E-state index contributed by atoms with van der Waals surface area (Å²) in [5.74, 6) is 3.19. The van der Waals surface area contributed by atoms with Gasteiger partial charge in [0.05, 0.1) is 10.6 Å². The highest BCUT2D eigenvalue weighted by Gasteiger charge is 2.37. The van der Waals surface area contributed by atoms with Crippen molar-refractivity contribution in [2.45, 2.75) is 77.2 Å². The van der Waals surface area contributed by atoms with Crippen molar-refractivity contribution in [2.75, 3.05) is 0 Å². The summed E-state index contributed by atoms with van der Waals surface area (Å²) in [4.78, 5) is 0. The van der Waals surface area contributed by atoms with Crippen LogP contribution in [0.25, 0.3) is 0 Å². The third kappa shape index (κ3) is 5.48. The fourth-order valence-corrected chi connectivity index (χ4v) is 6.07. The van der Waals surface area contributed by atoms with Crippen molar-refractivity contribution < 1.29 is 13.5 Å². The molecule has 0 amide bonds. The summed E-state index contributed by atoms with van der Waals surface area (Å²) in [5, 5.41) is 1.13. The van der Waals surface area contributed by atoms with Gasteiger partial charge >= 0.3 is 6.11 Å². The van der Waals surface area contributed by atoms with E-state index in [1.54, 1.807) is 19.1 Å². The molecule has 2 aromatic carbocycles. The van der Waals surface area contributed by atoms with Crippen LogP contribution in [0.3, 0.4) is 0 Å². The predicted molar refractivity (Wildman–Crippen MR) is 132 cm³/mol. The van der Waals surface area contributed by atoms with E-state index in [2.05, 4.69) is 16.2 Å². The van der Waals surface area contributed by atoms with Crippen LogP contribution in [0.4, 0.5) is 8.78 Å². The summed E-state index contributed by atoms with van der Waals surface area (Å²) in [5.41, 5.74) is 1.68. The van der Waals surface area contributed by atoms with Gasteiger partial charge < -0.3 is 4.74 Å². The molecule has 0 N–H and O–H groups in total. The van der Waals surface area contributed by atoms with Gasteiger partial charge in [-0.3, -0.25) is 0 Å². The molecule has 32 heavy (non-hydrogen) atoms. The van der Waals surface area contributed by atoms with E-state index >= 15 is 0 Å². The molecule has 2 saturated carbocycles. The Morgan fingerprint density at radius 2 is 1.53 bits per heavy atom. The number of rotatable bonds is 5. The molecule has 174 valence electrons. The fourth-order valence-electron chi connectivity index (χ4n) is 5.72. The Kier molecular flexibility index (Phi) is 7.47. The van der Waals surface area contributed by atoms with Crippen LogP contribution in [0.2, 0.25) is 5.02 Å². The largest absolute Gasteiger partial charge is 0.429 e. The maximum Gasteiger partial charge on any atom is 0.426 e. The van der Waals surface area contributed by atoms with Crippen LogP contribution >= 0.6 is 20.8 Å². The van der Waals surface area contributed by atoms with Crippen molar-refractivity contribution in [1.29, 1.82) is 0 Å². The molecule has 1 nitrogen and oxygen atoms in total. The Morgan fingerprint density at radius 1 is 0.906 bits per heavy atom. The van der Waals surface area contributed by atoms with Gasteiger partial charge in [-0.15, -0.1) is 9.24 Å². The van der Waals surface area contributed by atoms with Gasteiger partial charge in [-0.25, -0.2) is 0 Å². The summed E-state index contributed by atoms with van der Waals surface area (Å²) in [6, 6.07) is 9.96. The predicted octanol–water partition coefficient (Wildman–Crippen LogP) is 8.38. The first-order chi connectivity index (χ1) is 15.2. The highest BCUT2D eigenvalue weighted by Crippen LogP contribution is 2.44. The maximum atomic E-state index is 14.9. The minimum atomic E-state index is -3.41. The molecule has 0 saturated heterocycles. The first-order valence-electron chi connectivity index (χ1n) is 12.0. The smallest absolute Gasteiger partial charge is 0.426 e. The molecular formula is C27H34ClF2OP. The van der Waals surface area contributed by atoms with Gasteiger partial charge in [0.2, 0.25) is 0 Å². The summed E-state index contributed by atoms with van der Waals surface area (Å²) in [6.45, 7) is 4.13. The molecule has 5 heteroatoms. The first-order valence-corrected chi connectivity index (χ1v) is 12.9. The van der Waals surface area contributed by atoms with E-state index in [0.29, 0.717) is 16.5 Å². The Hall–Kier alpha value is -1.18. The molecule has 0 aliphatic heterocycles. The number of ether oxygens (including phenoxy) is 1. The van der Waals surface area contributed by atoms with Crippen LogP contribution in [0.15, 0.2) is 36.4 Å². The Labute approximate surface area is 198 Å². The lowest BCUT2D eigenvalue weighted by molar-refractivity contribution is -0.185. The van der Waals surface area contributed by atoms with Crippen LogP contribution in [0.5, 0.6) is 5.75 Å². The standard InChI is InChI=1S/C27H34ClF2OP/c1-17-3-5-19(6-4-17)20-7-9-21(10-8-20)22-11-13-24(18(2)15-22)27(29,30)31-23-12-14-26(32)25(28)16-23/h11-17,19-21H,3-10,32H2,1-2H3. The highest BCUT2D eigenvalue weighted by atomic mass is 35.5. The summed E-state index contributed by atoms with van der Waals surface area (Å²) in [6.07, 6.45) is 7.03. The van der Waals surface area contributed by atoms with Crippen molar-refractivity contribution in [3.63, 3.8) is 0 Å². The third-order valence-corrected chi connectivity index (χ3v) is 8.77. The van der Waals surface area contributed by atoms with Crippen LogP contribution in [-0.2, 0) is 6.11 Å². The van der Waals surface area contributed by atoms with E-state index in [-0.39, 0.29) is 11.3 Å². The number of hydrogen-bond acceptors (Lipinski definition) is 1. The van der Waals surface area contributed by atoms with Gasteiger partial charge in [-0.2, -0.15) is 8.78 Å². The molecule has 1 unspecified atom stereocenters. The number of benzene rings is 2. The van der Waals surface area contributed by atoms with Crippen molar-refractivity contribution in [3.05, 3.63) is 58.1 Å². The summed E-state index contributed by atoms with van der Waals surface area (Å²) < 4.78 is 34.9. The second-order valence-electron chi connectivity index (χ2n) is 10.0. The molecule has 0 radical (unpaired) electrons. The number of halogens is 3. The summed E-state index contributed by atoms with van der Waals surface area (Å²) >= 11 is 6.05. The highest BCUT2D eigenvalue weighted by molar-refractivity contribution is 7.28. The van der Waals surface area contributed by atoms with Crippen molar-refractivity contribution in [3.8, 4) is 5.75 Å². The zero-order valence-corrected chi connectivity index (χ0v) is 21.0. The van der Waals surface area contributed by atoms with Crippen LogP contribution in [0.1, 0.15) is 80.9 Å².